The Balaban J connectivity index is 1.66. The maximum absolute atomic E-state index is 14.5. The van der Waals surface area contributed by atoms with Crippen molar-refractivity contribution in [3.05, 3.63) is 59.8 Å². The smallest absolute Gasteiger partial charge is 0.323 e. The van der Waals surface area contributed by atoms with Crippen LogP contribution in [0.15, 0.2) is 42.5 Å². The summed E-state index contributed by atoms with van der Waals surface area (Å²) < 4.78 is 54.9. The van der Waals surface area contributed by atoms with Crippen LogP contribution in [0.1, 0.15) is 18.4 Å². The number of hydrogen-bond acceptors (Lipinski definition) is 5. The first-order valence-corrected chi connectivity index (χ1v) is 9.31. The minimum absolute atomic E-state index is 0.0266. The van der Waals surface area contributed by atoms with E-state index in [1.165, 1.54) is 12.1 Å². The number of terminal acetylenes is 1. The lowest BCUT2D eigenvalue weighted by Gasteiger charge is -2.42. The molecule has 0 aliphatic carbocycles. The number of pyridine rings is 1. The van der Waals surface area contributed by atoms with E-state index in [4.69, 9.17) is 12.2 Å². The second kappa shape index (κ2) is 9.05. The number of anilines is 2. The lowest BCUT2D eigenvalue weighted by Crippen LogP contribution is -2.57. The summed E-state index contributed by atoms with van der Waals surface area (Å²) in [6.45, 7) is 1.12. The Morgan fingerprint density at radius 1 is 1.31 bits per heavy atom. The van der Waals surface area contributed by atoms with Crippen LogP contribution in [-0.2, 0) is 5.92 Å². The standard InChI is InChI=1S/C21H18F4N6O/c1-3-14(22)5-4-12(2)17-7-6-16(26)18(29-17)30-20(32)31-10-13(11-31)21(24,25)19-27-8-15(23)9-28-19/h1,4-9,13H,10-11,26H2,2H3,(H,29,30,32)/b12-4+,14-5+. The third-order valence-electron chi connectivity index (χ3n) is 4.77. The van der Waals surface area contributed by atoms with Gasteiger partial charge in [-0.1, -0.05) is 6.08 Å². The molecule has 3 rings (SSSR count). The summed E-state index contributed by atoms with van der Waals surface area (Å²) in [4.78, 5) is 24.5. The number of nitrogen functional groups attached to an aromatic ring is 1. The average molecular weight is 446 g/mol. The molecule has 32 heavy (non-hydrogen) atoms. The molecule has 0 atom stereocenters. The van der Waals surface area contributed by atoms with Gasteiger partial charge >= 0.3 is 12.0 Å². The van der Waals surface area contributed by atoms with Crippen molar-refractivity contribution in [1.29, 1.82) is 0 Å². The summed E-state index contributed by atoms with van der Waals surface area (Å²) in [6, 6.07) is 2.39. The number of rotatable bonds is 5. The molecule has 0 unspecified atom stereocenters. The molecular formula is C21H18F4N6O. The molecule has 7 nitrogen and oxygen atoms in total. The molecule has 0 bridgehead atoms. The monoisotopic (exact) mass is 446 g/mol. The maximum atomic E-state index is 14.5. The number of carbonyl (C=O) groups excluding carboxylic acids is 1. The van der Waals surface area contributed by atoms with E-state index >= 15 is 0 Å². The second-order valence-corrected chi connectivity index (χ2v) is 7.02. The number of allylic oxidation sites excluding steroid dienone is 4. The number of likely N-dealkylation sites (tertiary alicyclic amines) is 1. The normalized spacial score (nSPS) is 15.2. The molecule has 0 aromatic carbocycles. The number of nitrogens with two attached hydrogens (primary N) is 1. The van der Waals surface area contributed by atoms with Crippen LogP contribution in [0.25, 0.3) is 5.57 Å². The van der Waals surface area contributed by atoms with Gasteiger partial charge in [-0.05, 0) is 36.6 Å². The van der Waals surface area contributed by atoms with E-state index in [0.717, 1.165) is 11.0 Å². The molecule has 11 heteroatoms. The quantitative estimate of drug-likeness (QED) is 0.414. The highest BCUT2D eigenvalue weighted by Gasteiger charge is 2.51. The van der Waals surface area contributed by atoms with E-state index in [2.05, 4.69) is 20.3 Å². The van der Waals surface area contributed by atoms with Gasteiger partial charge in [0.15, 0.2) is 23.3 Å². The lowest BCUT2D eigenvalue weighted by atomic mass is 9.92. The van der Waals surface area contributed by atoms with E-state index in [-0.39, 0.29) is 24.6 Å². The molecule has 1 fully saturated rings. The van der Waals surface area contributed by atoms with Crippen molar-refractivity contribution in [2.24, 2.45) is 5.92 Å². The molecular weight excluding hydrogens is 428 g/mol. The van der Waals surface area contributed by atoms with Gasteiger partial charge in [-0.15, -0.1) is 6.42 Å². The van der Waals surface area contributed by atoms with Gasteiger partial charge in [-0.3, -0.25) is 5.32 Å². The van der Waals surface area contributed by atoms with Crippen molar-refractivity contribution in [2.75, 3.05) is 24.1 Å². The zero-order valence-corrected chi connectivity index (χ0v) is 16.8. The largest absolute Gasteiger partial charge is 0.396 e. The number of urea groups is 1. The summed E-state index contributed by atoms with van der Waals surface area (Å²) in [7, 11) is 0. The number of alkyl halides is 2. The fourth-order valence-corrected chi connectivity index (χ4v) is 2.84. The topological polar surface area (TPSA) is 97.0 Å². The fourth-order valence-electron chi connectivity index (χ4n) is 2.84. The van der Waals surface area contributed by atoms with Crippen LogP contribution in [0, 0.1) is 24.1 Å². The lowest BCUT2D eigenvalue weighted by molar-refractivity contribution is -0.117. The molecule has 0 saturated carbocycles. The van der Waals surface area contributed by atoms with Crippen LogP contribution < -0.4 is 11.1 Å². The summed E-state index contributed by atoms with van der Waals surface area (Å²) in [6.07, 6.45) is 8.77. The zero-order valence-electron chi connectivity index (χ0n) is 16.8. The Morgan fingerprint density at radius 3 is 2.59 bits per heavy atom. The Bertz CT molecular complexity index is 1120. The molecule has 1 aliphatic rings. The molecule has 1 saturated heterocycles. The third-order valence-corrected chi connectivity index (χ3v) is 4.77. The van der Waals surface area contributed by atoms with E-state index in [0.29, 0.717) is 23.7 Å². The molecule has 2 aromatic heterocycles. The van der Waals surface area contributed by atoms with Crippen LogP contribution in [0.2, 0.25) is 0 Å². The van der Waals surface area contributed by atoms with Crippen LogP contribution in [0.4, 0.5) is 33.9 Å². The van der Waals surface area contributed by atoms with Crippen molar-refractivity contribution in [1.82, 2.24) is 19.9 Å². The summed E-state index contributed by atoms with van der Waals surface area (Å²) >= 11 is 0. The highest BCUT2D eigenvalue weighted by molar-refractivity contribution is 5.92. The highest BCUT2D eigenvalue weighted by Crippen LogP contribution is 2.39. The van der Waals surface area contributed by atoms with Gasteiger partial charge < -0.3 is 10.6 Å². The van der Waals surface area contributed by atoms with Crippen LogP contribution in [0.5, 0.6) is 0 Å². The number of aromatic nitrogens is 3. The minimum atomic E-state index is -3.43. The second-order valence-electron chi connectivity index (χ2n) is 7.02. The maximum Gasteiger partial charge on any atom is 0.323 e. The van der Waals surface area contributed by atoms with Gasteiger partial charge in [-0.2, -0.15) is 13.2 Å². The van der Waals surface area contributed by atoms with Gasteiger partial charge in [0.05, 0.1) is 29.7 Å². The van der Waals surface area contributed by atoms with Crippen molar-refractivity contribution in [3.8, 4) is 12.3 Å². The molecule has 2 aromatic rings. The molecule has 3 N–H and O–H groups in total. The van der Waals surface area contributed by atoms with Crippen LogP contribution >= 0.6 is 0 Å². The number of carbonyl (C=O) groups is 1. The first kappa shape index (κ1) is 22.7. The van der Waals surface area contributed by atoms with E-state index < -0.39 is 35.3 Å². The van der Waals surface area contributed by atoms with Crippen molar-refractivity contribution in [2.45, 2.75) is 12.8 Å². The summed E-state index contributed by atoms with van der Waals surface area (Å²) in [5, 5.41) is 2.48. The summed E-state index contributed by atoms with van der Waals surface area (Å²) in [5.74, 6) is -5.17. The Hall–Kier alpha value is -3.94. The minimum Gasteiger partial charge on any atom is -0.396 e. The van der Waals surface area contributed by atoms with Crippen molar-refractivity contribution < 1.29 is 22.4 Å². The number of amides is 2. The van der Waals surface area contributed by atoms with E-state index in [1.807, 2.05) is 5.92 Å². The van der Waals surface area contributed by atoms with Gasteiger partial charge in [0.25, 0.3) is 0 Å². The van der Waals surface area contributed by atoms with Gasteiger partial charge in [0.1, 0.15) is 0 Å². The fraction of sp³-hybridized carbons (Fsp3) is 0.238. The Morgan fingerprint density at radius 2 is 1.97 bits per heavy atom. The number of halogens is 4. The van der Waals surface area contributed by atoms with E-state index in [9.17, 15) is 22.4 Å². The molecule has 0 spiro atoms. The molecule has 1 aliphatic heterocycles. The number of nitrogens with one attached hydrogen (secondary N) is 1. The van der Waals surface area contributed by atoms with E-state index in [1.54, 1.807) is 13.0 Å². The Kier molecular flexibility index (Phi) is 6.43. The zero-order chi connectivity index (χ0) is 23.5. The number of nitrogens with zero attached hydrogens (tertiary/aromatic N) is 4. The molecule has 3 heterocycles. The highest BCUT2D eigenvalue weighted by atomic mass is 19.3. The first-order chi connectivity index (χ1) is 15.1. The molecule has 0 radical (unpaired) electrons. The first-order valence-electron chi connectivity index (χ1n) is 9.31. The van der Waals surface area contributed by atoms with Gasteiger partial charge in [0, 0.05) is 13.1 Å². The SMILES string of the molecule is C#C/C(F)=C\C=C(/C)c1ccc(N)c(NC(=O)N2CC(C(F)(F)c3ncc(F)cn3)C2)n1. The van der Waals surface area contributed by atoms with Gasteiger partial charge in [0.2, 0.25) is 0 Å². The molecule has 166 valence electrons. The van der Waals surface area contributed by atoms with Crippen LogP contribution in [0.3, 0.4) is 0 Å². The van der Waals surface area contributed by atoms with Crippen molar-refractivity contribution in [3.63, 3.8) is 0 Å². The Labute approximate surface area is 181 Å². The average Bonchev–Trinajstić information content (AvgIpc) is 2.72. The van der Waals surface area contributed by atoms with Crippen LogP contribution in [-0.4, -0.2) is 39.0 Å². The molecule has 2 amide bonds. The number of hydrogen-bond donors (Lipinski definition) is 2. The van der Waals surface area contributed by atoms with Gasteiger partial charge in [-0.25, -0.2) is 24.1 Å². The summed E-state index contributed by atoms with van der Waals surface area (Å²) in [5.41, 5.74) is 6.95. The predicted molar refractivity (Wildman–Crippen MR) is 110 cm³/mol. The predicted octanol–water partition coefficient (Wildman–Crippen LogP) is 3.74. The van der Waals surface area contributed by atoms with Crippen molar-refractivity contribution >= 4 is 23.1 Å². The third kappa shape index (κ3) is 4.85.